The molecule has 103 heavy (non-hydrogen) atoms. The van der Waals surface area contributed by atoms with Crippen LogP contribution in [0.2, 0.25) is 0 Å². The molecule has 12 aromatic heterocycles. The van der Waals surface area contributed by atoms with E-state index in [0.717, 1.165) is 0 Å². The van der Waals surface area contributed by atoms with Crippen molar-refractivity contribution in [3.63, 3.8) is 0 Å². The van der Waals surface area contributed by atoms with E-state index in [1.54, 1.807) is 197 Å². The standard InChI is InChI=1S/4C13H9N7.4CH2Cl2.2CNS.5Co/c4*1-2-10(19-12-8-14-4-6-16-12)18-11(3-1)20-13-9-15-5-7-17-13;6*2-1-3;;;;;/h4*1-9H;4*1H2;;;;;;;/q4*-2;;;;;2*-1;5*+2. The molecule has 0 aliphatic rings. The Kier molecular flexibility index (Phi) is 64.8. The fraction of sp³-hybridized carbons (Fsp3) is 0.0690. The average molecular weight is 1800 g/mol. The molecule has 45 heteroatoms. The zero-order valence-electron chi connectivity index (χ0n) is 51.5. The summed E-state index contributed by atoms with van der Waals surface area (Å²) in [6.45, 7) is 0. The van der Waals surface area contributed by atoms with Crippen LogP contribution in [0.15, 0.2) is 222 Å². The maximum absolute atomic E-state index is 7.13. The van der Waals surface area contributed by atoms with Crippen molar-refractivity contribution < 1.29 is 83.9 Å². The topological polar surface area (TPSA) is 415 Å². The molecule has 12 rings (SSSR count). The van der Waals surface area contributed by atoms with Crippen LogP contribution < -0.4 is 0 Å². The zero-order valence-corrected chi connectivity index (χ0v) is 64.4. The van der Waals surface area contributed by atoms with Gasteiger partial charge < -0.3 is 113 Å². The summed E-state index contributed by atoms with van der Waals surface area (Å²) in [5.41, 5.74) is 0. The number of thiocarbonyl (C=S) groups is 2. The molecule has 0 aliphatic carbocycles. The van der Waals surface area contributed by atoms with E-state index in [9.17, 15) is 0 Å². The molecular weight excluding hydrogens is 1760 g/mol. The second-order valence-electron chi connectivity index (χ2n) is 15.4. The van der Waals surface area contributed by atoms with Gasteiger partial charge in [-0.05, 0) is 98.1 Å². The number of alkyl halides is 8. The molecule has 5 radical (unpaired) electrons. The van der Waals surface area contributed by atoms with E-state index >= 15 is 0 Å². The van der Waals surface area contributed by atoms with E-state index in [4.69, 9.17) is 104 Å². The summed E-state index contributed by atoms with van der Waals surface area (Å²) in [6.07, 6.45) is 37.8. The van der Waals surface area contributed by atoms with E-state index in [1.165, 1.54) is 10.3 Å². The van der Waals surface area contributed by atoms with Crippen LogP contribution in [0.3, 0.4) is 0 Å². The van der Waals surface area contributed by atoms with Crippen molar-refractivity contribution in [2.24, 2.45) is 0 Å². The minimum Gasteiger partial charge on any atom is -0.753 e. The first-order valence-electron chi connectivity index (χ1n) is 26.3. The van der Waals surface area contributed by atoms with Crippen molar-refractivity contribution in [2.45, 2.75) is 0 Å². The third kappa shape index (κ3) is 48.6. The molecule has 0 saturated heterocycles. The molecule has 0 aromatic carbocycles. The van der Waals surface area contributed by atoms with Crippen LogP contribution in [-0.4, -0.2) is 131 Å². The Bertz CT molecular complexity index is 3300. The number of isothiocyanates is 2. The van der Waals surface area contributed by atoms with Crippen molar-refractivity contribution in [3.8, 4) is 0 Å². The number of rotatable bonds is 16. The monoisotopic (exact) mass is 1800 g/mol. The molecule has 0 aliphatic heterocycles. The number of aromatic nitrogens is 20. The van der Waals surface area contributed by atoms with Crippen molar-refractivity contribution in [1.29, 1.82) is 0 Å². The summed E-state index contributed by atoms with van der Waals surface area (Å²) in [4.78, 5) is 81.3. The van der Waals surface area contributed by atoms with Gasteiger partial charge >= 0.3 is 83.9 Å². The normalized spacial score (nSPS) is 8.62. The SMILES string of the molecule is ClCCl.ClCCl.ClCCl.ClCCl.[Co+2].[Co+2].[Co+2].[Co+2].[Co+2].[N-]=C=S.[N-]=C=S.c1cc([N-]c2cnccn2)nc([N-]c2cnccn2)c1.c1cc([N-]c2cnccn2)nc([N-]c2cnccn2)c1.c1cc([N-]c2cnccn2)nc([N-]c2cnccn2)c1.c1cc([N-]c2cnccn2)nc([N-]c2cnccn2)c1. The van der Waals surface area contributed by atoms with Gasteiger partial charge in [0.1, 0.15) is 0 Å². The molecule has 0 fully saturated rings. The number of halogens is 8. The summed E-state index contributed by atoms with van der Waals surface area (Å²) in [6, 6.07) is 21.4. The number of pyridine rings is 4. The first-order valence-corrected chi connectivity index (χ1v) is 31.4. The summed E-state index contributed by atoms with van der Waals surface area (Å²) in [7, 11) is 0. The number of nitrogens with zero attached hydrogens (tertiary/aromatic N) is 30. The first kappa shape index (κ1) is 99.3. The fourth-order valence-corrected chi connectivity index (χ4v) is 5.88. The van der Waals surface area contributed by atoms with Crippen LogP contribution in [0.5, 0.6) is 0 Å². The van der Waals surface area contributed by atoms with E-state index < -0.39 is 0 Å². The van der Waals surface area contributed by atoms with Gasteiger partial charge in [-0.15, -0.1) is 92.8 Å². The second-order valence-corrected chi connectivity index (χ2v) is 19.0. The van der Waals surface area contributed by atoms with Gasteiger partial charge in [-0.2, -0.15) is 10.3 Å². The fourth-order valence-electron chi connectivity index (χ4n) is 5.88. The van der Waals surface area contributed by atoms with Gasteiger partial charge in [-0.3, -0.25) is 39.9 Å². The largest absolute Gasteiger partial charge is 2.00 e. The average Bonchev–Trinajstić information content (AvgIpc) is 0.897. The molecule has 0 saturated carbocycles. The van der Waals surface area contributed by atoms with Crippen molar-refractivity contribution >= 4 is 221 Å². The Labute approximate surface area is 693 Å². The summed E-state index contributed by atoms with van der Waals surface area (Å²) >= 11 is 45.5. The van der Waals surface area contributed by atoms with Gasteiger partial charge in [-0.1, -0.05) is 48.7 Å². The third-order valence-corrected chi connectivity index (χ3v) is 9.11. The maximum Gasteiger partial charge on any atom is 2.00 e. The number of hydrogen-bond donors (Lipinski definition) is 0. The Morgan fingerprint density at radius 1 is 0.233 bits per heavy atom. The van der Waals surface area contributed by atoms with E-state index in [2.05, 4.69) is 167 Å². The van der Waals surface area contributed by atoms with Crippen LogP contribution in [0.1, 0.15) is 0 Å². The molecule has 0 atom stereocenters. The molecule has 12 aromatic rings. The summed E-state index contributed by atoms with van der Waals surface area (Å²) < 4.78 is 0. The van der Waals surface area contributed by atoms with Crippen molar-refractivity contribution in [3.05, 3.63) is 275 Å². The van der Waals surface area contributed by atoms with Gasteiger partial charge in [0.15, 0.2) is 0 Å². The van der Waals surface area contributed by atoms with E-state index in [1.807, 2.05) is 24.3 Å². The molecule has 0 N–H and O–H groups in total. The van der Waals surface area contributed by atoms with Crippen LogP contribution in [0, 0.1) is 0 Å². The minimum atomic E-state index is 0. The Hall–Kier alpha value is -7.91. The van der Waals surface area contributed by atoms with Gasteiger partial charge in [0.25, 0.3) is 0 Å². The predicted molar refractivity (Wildman–Crippen MR) is 393 cm³/mol. The molecule has 30 nitrogen and oxygen atoms in total. The van der Waals surface area contributed by atoms with Crippen molar-refractivity contribution in [1.82, 2.24) is 99.7 Å². The van der Waals surface area contributed by atoms with Gasteiger partial charge in [0.05, 0.1) is 21.4 Å². The molecule has 12 heterocycles. The minimum absolute atomic E-state index is 0. The molecule has 539 valence electrons. The van der Waals surface area contributed by atoms with E-state index in [0.29, 0.717) is 93.1 Å². The number of hydrogen-bond acceptors (Lipinski definition) is 22. The van der Waals surface area contributed by atoms with Crippen LogP contribution in [0.4, 0.5) is 93.1 Å². The molecular formula is C58H44Cl8Co5N30S2. The summed E-state index contributed by atoms with van der Waals surface area (Å²) in [5.74, 6) is 8.05. The third-order valence-electron chi connectivity index (χ3n) is 9.11. The van der Waals surface area contributed by atoms with Crippen LogP contribution in [-0.2, 0) is 83.9 Å². The Balaban J connectivity index is -0.00000118. The van der Waals surface area contributed by atoms with Crippen LogP contribution in [0.25, 0.3) is 53.4 Å². The smallest absolute Gasteiger partial charge is 0.753 e. The van der Waals surface area contributed by atoms with Gasteiger partial charge in [0, 0.05) is 192 Å². The maximum atomic E-state index is 7.13. The summed E-state index contributed by atoms with van der Waals surface area (Å²) in [5, 5.41) is 51.8. The predicted octanol–water partition coefficient (Wildman–Crippen LogP) is 20.3. The van der Waals surface area contributed by atoms with Crippen molar-refractivity contribution in [2.75, 3.05) is 21.4 Å². The molecule has 0 unspecified atom stereocenters. The second kappa shape index (κ2) is 67.3. The zero-order chi connectivity index (χ0) is 70.7. The quantitative estimate of drug-likeness (QED) is 0.0492. The molecule has 0 amide bonds. The Morgan fingerprint density at radius 3 is 0.427 bits per heavy atom. The van der Waals surface area contributed by atoms with Gasteiger partial charge in [-0.25, -0.2) is 0 Å². The van der Waals surface area contributed by atoms with E-state index in [-0.39, 0.29) is 105 Å². The molecule has 0 bridgehead atoms. The molecule has 0 spiro atoms. The van der Waals surface area contributed by atoms with Crippen LogP contribution >= 0.6 is 117 Å². The van der Waals surface area contributed by atoms with Gasteiger partial charge in [0.2, 0.25) is 0 Å². The first-order chi connectivity index (χ1) is 48.1. The Morgan fingerprint density at radius 2 is 0.340 bits per heavy atom.